The quantitative estimate of drug-likeness (QED) is 0.442. The molecule has 0 aliphatic carbocycles. The Bertz CT molecular complexity index is 1070. The van der Waals surface area contributed by atoms with Gasteiger partial charge in [0.1, 0.15) is 11.3 Å². The molecule has 0 aliphatic rings. The molecule has 0 radical (unpaired) electrons. The highest BCUT2D eigenvalue weighted by Gasteiger charge is 2.21. The van der Waals surface area contributed by atoms with Crippen molar-refractivity contribution in [2.45, 2.75) is 12.2 Å². The molecule has 0 fully saturated rings. The Morgan fingerprint density at radius 1 is 1.29 bits per heavy atom. The number of anilines is 2. The molecule has 0 saturated heterocycles. The summed E-state index contributed by atoms with van der Waals surface area (Å²) in [7, 11) is 0. The predicted molar refractivity (Wildman–Crippen MR) is 109 cm³/mol. The van der Waals surface area contributed by atoms with Crippen LogP contribution in [-0.4, -0.2) is 37.1 Å². The lowest BCUT2D eigenvalue weighted by Gasteiger charge is -2.17. The molecule has 4 aromatic rings. The van der Waals surface area contributed by atoms with Crippen LogP contribution in [0, 0.1) is 12.7 Å². The molecule has 0 spiro atoms. The number of rotatable bonds is 7. The Balaban J connectivity index is 1.77. The van der Waals surface area contributed by atoms with E-state index in [1.54, 1.807) is 28.4 Å². The van der Waals surface area contributed by atoms with E-state index in [0.717, 1.165) is 22.5 Å². The molecule has 28 heavy (non-hydrogen) atoms. The maximum absolute atomic E-state index is 13.4. The largest absolute Gasteiger partial charge is 0.330 e. The van der Waals surface area contributed by atoms with Gasteiger partial charge in [0.25, 0.3) is 0 Å². The van der Waals surface area contributed by atoms with E-state index < -0.39 is 0 Å². The van der Waals surface area contributed by atoms with Crippen LogP contribution >= 0.6 is 11.8 Å². The van der Waals surface area contributed by atoms with Gasteiger partial charge in [-0.2, -0.15) is 10.2 Å². The van der Waals surface area contributed by atoms with Crippen molar-refractivity contribution in [3.63, 3.8) is 0 Å². The highest BCUT2D eigenvalue weighted by atomic mass is 32.2. The summed E-state index contributed by atoms with van der Waals surface area (Å²) in [4.78, 5) is 4.78. The molecule has 3 heterocycles. The summed E-state index contributed by atoms with van der Waals surface area (Å²) < 4.78 is 15.2. The van der Waals surface area contributed by atoms with Gasteiger partial charge >= 0.3 is 0 Å². The maximum Gasteiger partial charge on any atom is 0.169 e. The number of halogens is 1. The standard InChI is InChI=1S/C19H20FN7S/c1-12-11-16(25-24-12)22-18-15-3-2-9-27(15)26-19(23-18)17(28-10-8-21)13-4-6-14(20)7-5-13/h2-7,9,11,17H,8,10,21H2,1H3,(H2,22,23,24,25,26). The van der Waals surface area contributed by atoms with Crippen LogP contribution in [0.4, 0.5) is 16.0 Å². The summed E-state index contributed by atoms with van der Waals surface area (Å²) in [6.07, 6.45) is 1.87. The van der Waals surface area contributed by atoms with E-state index in [1.165, 1.54) is 12.1 Å². The molecule has 1 unspecified atom stereocenters. The molecular weight excluding hydrogens is 377 g/mol. The van der Waals surface area contributed by atoms with E-state index in [1.807, 2.05) is 31.3 Å². The van der Waals surface area contributed by atoms with Crippen molar-refractivity contribution in [3.05, 3.63) is 71.6 Å². The van der Waals surface area contributed by atoms with Crippen LogP contribution in [0.15, 0.2) is 48.7 Å². The molecule has 0 aliphatic heterocycles. The number of nitrogens with one attached hydrogen (secondary N) is 2. The molecule has 4 N–H and O–H groups in total. The average Bonchev–Trinajstić information content (AvgIpc) is 3.32. The van der Waals surface area contributed by atoms with Gasteiger partial charge in [0, 0.05) is 30.3 Å². The zero-order chi connectivity index (χ0) is 19.5. The number of thioether (sulfide) groups is 1. The maximum atomic E-state index is 13.4. The summed E-state index contributed by atoms with van der Waals surface area (Å²) >= 11 is 1.63. The number of H-pyrrole nitrogens is 1. The summed E-state index contributed by atoms with van der Waals surface area (Å²) in [6.45, 7) is 2.47. The highest BCUT2D eigenvalue weighted by Crippen LogP contribution is 2.34. The smallest absolute Gasteiger partial charge is 0.169 e. The number of fused-ring (bicyclic) bond motifs is 1. The van der Waals surface area contributed by atoms with Crippen LogP contribution in [0.25, 0.3) is 5.52 Å². The highest BCUT2D eigenvalue weighted by molar-refractivity contribution is 7.99. The lowest BCUT2D eigenvalue weighted by Crippen LogP contribution is -2.12. The second-order valence-corrected chi connectivity index (χ2v) is 7.52. The van der Waals surface area contributed by atoms with Crippen molar-refractivity contribution >= 4 is 28.9 Å². The SMILES string of the molecule is Cc1cc(Nc2nc(C(SCCN)c3ccc(F)cc3)nn3cccc23)n[nH]1. The Kier molecular flexibility index (Phi) is 5.27. The van der Waals surface area contributed by atoms with E-state index in [2.05, 4.69) is 20.6 Å². The summed E-state index contributed by atoms with van der Waals surface area (Å²) in [5.41, 5.74) is 8.43. The Morgan fingerprint density at radius 3 is 2.82 bits per heavy atom. The number of hydrogen-bond donors (Lipinski definition) is 3. The third-order valence-corrected chi connectivity index (χ3v) is 5.46. The first-order valence-electron chi connectivity index (χ1n) is 8.85. The van der Waals surface area contributed by atoms with Crippen LogP contribution in [-0.2, 0) is 0 Å². The molecular formula is C19H20FN7S. The summed E-state index contributed by atoms with van der Waals surface area (Å²) in [6, 6.07) is 12.2. The molecule has 7 nitrogen and oxygen atoms in total. The Hall–Kier alpha value is -2.91. The van der Waals surface area contributed by atoms with E-state index in [0.29, 0.717) is 24.0 Å². The van der Waals surface area contributed by atoms with Crippen LogP contribution in [0.5, 0.6) is 0 Å². The molecule has 1 atom stereocenters. The topological polar surface area (TPSA) is 96.9 Å². The number of hydrogen-bond acceptors (Lipinski definition) is 6. The second-order valence-electron chi connectivity index (χ2n) is 6.31. The molecule has 4 rings (SSSR count). The second kappa shape index (κ2) is 7.99. The zero-order valence-electron chi connectivity index (χ0n) is 15.3. The van der Waals surface area contributed by atoms with Gasteiger partial charge < -0.3 is 11.1 Å². The van der Waals surface area contributed by atoms with Gasteiger partial charge in [0.2, 0.25) is 0 Å². The number of nitrogens with two attached hydrogens (primary N) is 1. The van der Waals surface area contributed by atoms with Gasteiger partial charge in [-0.15, -0.1) is 11.8 Å². The molecule has 0 amide bonds. The van der Waals surface area contributed by atoms with Crippen LogP contribution in [0.1, 0.15) is 22.3 Å². The lowest BCUT2D eigenvalue weighted by atomic mass is 10.1. The van der Waals surface area contributed by atoms with E-state index in [4.69, 9.17) is 10.7 Å². The fourth-order valence-corrected chi connectivity index (χ4v) is 3.87. The minimum Gasteiger partial charge on any atom is -0.330 e. The molecule has 9 heteroatoms. The summed E-state index contributed by atoms with van der Waals surface area (Å²) in [5, 5.41) is 14.9. The van der Waals surface area contributed by atoms with Crippen LogP contribution < -0.4 is 11.1 Å². The molecule has 1 aromatic carbocycles. The van der Waals surface area contributed by atoms with Gasteiger partial charge in [0.05, 0.1) is 5.25 Å². The van der Waals surface area contributed by atoms with Crippen molar-refractivity contribution in [1.82, 2.24) is 24.8 Å². The number of aromatic nitrogens is 5. The zero-order valence-corrected chi connectivity index (χ0v) is 16.1. The van der Waals surface area contributed by atoms with E-state index >= 15 is 0 Å². The first-order valence-corrected chi connectivity index (χ1v) is 9.90. The van der Waals surface area contributed by atoms with Gasteiger partial charge in [0.15, 0.2) is 17.5 Å². The minimum absolute atomic E-state index is 0.169. The lowest BCUT2D eigenvalue weighted by molar-refractivity contribution is 0.627. The van der Waals surface area contributed by atoms with Gasteiger partial charge in [-0.05, 0) is 36.8 Å². The third kappa shape index (κ3) is 3.85. The number of aromatic amines is 1. The molecule has 0 saturated carbocycles. The fourth-order valence-electron chi connectivity index (χ4n) is 2.90. The van der Waals surface area contributed by atoms with Gasteiger partial charge in [-0.25, -0.2) is 13.9 Å². The van der Waals surface area contributed by atoms with Gasteiger partial charge in [-0.1, -0.05) is 12.1 Å². The van der Waals surface area contributed by atoms with Crippen molar-refractivity contribution in [1.29, 1.82) is 0 Å². The molecule has 3 aromatic heterocycles. The van der Waals surface area contributed by atoms with Crippen molar-refractivity contribution in [2.24, 2.45) is 5.73 Å². The van der Waals surface area contributed by atoms with Crippen molar-refractivity contribution in [3.8, 4) is 0 Å². The number of benzene rings is 1. The Labute approximate surface area is 165 Å². The predicted octanol–water partition coefficient (Wildman–Crippen LogP) is 3.42. The van der Waals surface area contributed by atoms with Crippen LogP contribution in [0.3, 0.4) is 0 Å². The normalized spacial score (nSPS) is 12.4. The molecule has 144 valence electrons. The minimum atomic E-state index is -0.274. The van der Waals surface area contributed by atoms with Gasteiger partial charge in [-0.3, -0.25) is 5.10 Å². The van der Waals surface area contributed by atoms with E-state index in [-0.39, 0.29) is 11.1 Å². The first-order chi connectivity index (χ1) is 13.6. The fraction of sp³-hybridized carbons (Fsp3) is 0.211. The third-order valence-electron chi connectivity index (χ3n) is 4.17. The molecule has 0 bridgehead atoms. The van der Waals surface area contributed by atoms with Crippen molar-refractivity contribution in [2.75, 3.05) is 17.6 Å². The number of nitrogens with zero attached hydrogens (tertiary/aromatic N) is 4. The average molecular weight is 397 g/mol. The van der Waals surface area contributed by atoms with Crippen LogP contribution in [0.2, 0.25) is 0 Å². The summed E-state index contributed by atoms with van der Waals surface area (Å²) in [5.74, 6) is 2.41. The van der Waals surface area contributed by atoms with E-state index in [9.17, 15) is 4.39 Å². The first kappa shape index (κ1) is 18.5. The Morgan fingerprint density at radius 2 is 2.11 bits per heavy atom. The van der Waals surface area contributed by atoms with Crippen molar-refractivity contribution < 1.29 is 4.39 Å². The monoisotopic (exact) mass is 397 g/mol. The number of aryl methyl sites for hydroxylation is 1.